The first-order chi connectivity index (χ1) is 6.02. The van der Waals surface area contributed by atoms with Crippen LogP contribution < -0.4 is 5.73 Å². The van der Waals surface area contributed by atoms with Crippen molar-refractivity contribution in [3.05, 3.63) is 35.4 Å². The van der Waals surface area contributed by atoms with Gasteiger partial charge < -0.3 is 5.73 Å². The molecule has 1 unspecified atom stereocenters. The van der Waals surface area contributed by atoms with E-state index in [0.29, 0.717) is 6.07 Å². The second-order valence-electron chi connectivity index (χ2n) is 2.78. The summed E-state index contributed by atoms with van der Waals surface area (Å²) in [4.78, 5) is 11.2. The zero-order chi connectivity index (χ0) is 10.0. The minimum atomic E-state index is -0.873. The fraction of sp³-hybridized carbons (Fsp3) is 0.222. The van der Waals surface area contributed by atoms with E-state index in [1.165, 1.54) is 6.92 Å². The number of nitrogens with two attached hydrogens (primary N) is 1. The van der Waals surface area contributed by atoms with Crippen molar-refractivity contribution in [2.45, 2.75) is 13.0 Å². The second-order valence-corrected chi connectivity index (χ2v) is 2.78. The highest BCUT2D eigenvalue weighted by molar-refractivity contribution is 5.99. The monoisotopic (exact) mass is 185 g/mol. The molecule has 1 atom stereocenters. The van der Waals surface area contributed by atoms with Gasteiger partial charge in [0.05, 0.1) is 11.6 Å². The molecule has 70 valence electrons. The largest absolute Gasteiger partial charge is 0.321 e. The van der Waals surface area contributed by atoms with E-state index in [0.717, 1.165) is 12.1 Å². The van der Waals surface area contributed by atoms with Crippen LogP contribution in [0.1, 0.15) is 17.3 Å². The summed E-state index contributed by atoms with van der Waals surface area (Å²) >= 11 is 0. The zero-order valence-corrected chi connectivity index (χ0v) is 7.05. The SMILES string of the molecule is CC(N)C(=O)c1ccc(F)cc1F. The quantitative estimate of drug-likeness (QED) is 0.709. The van der Waals surface area contributed by atoms with Crippen LogP contribution in [0.2, 0.25) is 0 Å². The molecule has 0 aromatic heterocycles. The van der Waals surface area contributed by atoms with Crippen molar-refractivity contribution in [2.75, 3.05) is 0 Å². The Morgan fingerprint density at radius 2 is 2.08 bits per heavy atom. The van der Waals surface area contributed by atoms with Crippen molar-refractivity contribution < 1.29 is 13.6 Å². The number of Topliss-reactive ketones (excluding diaryl/α,β-unsaturated/α-hetero) is 1. The van der Waals surface area contributed by atoms with Crippen molar-refractivity contribution in [1.82, 2.24) is 0 Å². The van der Waals surface area contributed by atoms with Crippen molar-refractivity contribution in [3.63, 3.8) is 0 Å². The highest BCUT2D eigenvalue weighted by Gasteiger charge is 2.15. The van der Waals surface area contributed by atoms with E-state index in [9.17, 15) is 13.6 Å². The molecule has 1 aromatic carbocycles. The second kappa shape index (κ2) is 3.62. The predicted molar refractivity (Wildman–Crippen MR) is 44.3 cm³/mol. The summed E-state index contributed by atoms with van der Waals surface area (Å²) in [6.07, 6.45) is 0. The zero-order valence-electron chi connectivity index (χ0n) is 7.05. The molecular formula is C9H9F2NO. The first kappa shape index (κ1) is 9.80. The third-order valence-corrected chi connectivity index (χ3v) is 1.61. The Morgan fingerprint density at radius 3 is 2.54 bits per heavy atom. The Hall–Kier alpha value is -1.29. The molecular weight excluding hydrogens is 176 g/mol. The van der Waals surface area contributed by atoms with Crippen molar-refractivity contribution in [3.8, 4) is 0 Å². The Morgan fingerprint density at radius 1 is 1.46 bits per heavy atom. The molecule has 0 bridgehead atoms. The van der Waals surface area contributed by atoms with Gasteiger partial charge in [-0.3, -0.25) is 4.79 Å². The first-order valence-corrected chi connectivity index (χ1v) is 3.77. The molecule has 0 amide bonds. The molecule has 0 saturated carbocycles. The molecule has 0 aliphatic heterocycles. The minimum absolute atomic E-state index is 0.170. The van der Waals surface area contributed by atoms with Crippen LogP contribution in [0.4, 0.5) is 8.78 Å². The van der Waals surface area contributed by atoms with Crippen molar-refractivity contribution >= 4 is 5.78 Å². The standard InChI is InChI=1S/C9H9F2NO/c1-5(12)9(13)7-3-2-6(10)4-8(7)11/h2-5H,12H2,1H3. The van der Waals surface area contributed by atoms with Gasteiger partial charge in [-0.05, 0) is 19.1 Å². The summed E-state index contributed by atoms with van der Waals surface area (Å²) in [6, 6.07) is 2.00. The number of halogens is 2. The molecule has 0 aliphatic carbocycles. The number of ketones is 1. The lowest BCUT2D eigenvalue weighted by Crippen LogP contribution is -2.27. The van der Waals surface area contributed by atoms with E-state index in [1.54, 1.807) is 0 Å². The maximum Gasteiger partial charge on any atom is 0.182 e. The van der Waals surface area contributed by atoms with Crippen LogP contribution >= 0.6 is 0 Å². The molecule has 2 nitrogen and oxygen atoms in total. The summed E-state index contributed by atoms with van der Waals surface area (Å²) in [5, 5.41) is 0. The molecule has 13 heavy (non-hydrogen) atoms. The van der Waals surface area contributed by atoms with Crippen LogP contribution in [0.25, 0.3) is 0 Å². The van der Waals surface area contributed by atoms with Gasteiger partial charge in [0.25, 0.3) is 0 Å². The fourth-order valence-corrected chi connectivity index (χ4v) is 0.935. The third kappa shape index (κ3) is 2.09. The van der Waals surface area contributed by atoms with E-state index < -0.39 is 23.5 Å². The number of rotatable bonds is 2. The number of carbonyl (C=O) groups excluding carboxylic acids is 1. The van der Waals surface area contributed by atoms with Gasteiger partial charge in [-0.15, -0.1) is 0 Å². The smallest absolute Gasteiger partial charge is 0.182 e. The number of carbonyl (C=O) groups is 1. The molecule has 0 spiro atoms. The van der Waals surface area contributed by atoms with Gasteiger partial charge in [0.1, 0.15) is 11.6 Å². The Bertz CT molecular complexity index is 336. The Labute approximate surface area is 74.4 Å². The van der Waals surface area contributed by atoms with Crippen LogP contribution in [0.15, 0.2) is 18.2 Å². The average molecular weight is 185 g/mol. The highest BCUT2D eigenvalue weighted by Crippen LogP contribution is 2.10. The summed E-state index contributed by atoms with van der Waals surface area (Å²) in [5.74, 6) is -2.11. The van der Waals surface area contributed by atoms with Crippen LogP contribution in [0.5, 0.6) is 0 Å². The lowest BCUT2D eigenvalue weighted by Gasteiger charge is -2.04. The number of hydrogen-bond donors (Lipinski definition) is 1. The topological polar surface area (TPSA) is 43.1 Å². The summed E-state index contributed by atoms with van der Waals surface area (Å²) in [7, 11) is 0. The highest BCUT2D eigenvalue weighted by atomic mass is 19.1. The molecule has 0 saturated heterocycles. The van der Waals surface area contributed by atoms with E-state index >= 15 is 0 Å². The van der Waals surface area contributed by atoms with E-state index in [1.807, 2.05) is 0 Å². The summed E-state index contributed by atoms with van der Waals surface area (Å²) in [6.45, 7) is 1.45. The van der Waals surface area contributed by atoms with Crippen LogP contribution in [0, 0.1) is 11.6 Å². The van der Waals surface area contributed by atoms with Gasteiger partial charge in [0, 0.05) is 6.07 Å². The van der Waals surface area contributed by atoms with Crippen molar-refractivity contribution in [1.29, 1.82) is 0 Å². The lowest BCUT2D eigenvalue weighted by molar-refractivity contribution is 0.0964. The molecule has 0 fully saturated rings. The molecule has 0 radical (unpaired) electrons. The van der Waals surface area contributed by atoms with E-state index in [-0.39, 0.29) is 5.56 Å². The number of hydrogen-bond acceptors (Lipinski definition) is 2. The molecule has 1 aromatic rings. The van der Waals surface area contributed by atoms with Gasteiger partial charge in [0.15, 0.2) is 5.78 Å². The third-order valence-electron chi connectivity index (χ3n) is 1.61. The molecule has 0 aliphatic rings. The van der Waals surface area contributed by atoms with Crippen molar-refractivity contribution in [2.24, 2.45) is 5.73 Å². The maximum absolute atomic E-state index is 12.9. The van der Waals surface area contributed by atoms with Crippen LogP contribution in [0.3, 0.4) is 0 Å². The number of benzene rings is 1. The Balaban J connectivity index is 3.09. The normalized spacial score (nSPS) is 12.6. The van der Waals surface area contributed by atoms with Gasteiger partial charge >= 0.3 is 0 Å². The summed E-state index contributed by atoms with van der Waals surface area (Å²) < 4.78 is 25.4. The summed E-state index contributed by atoms with van der Waals surface area (Å²) in [5.41, 5.74) is 5.09. The lowest BCUT2D eigenvalue weighted by atomic mass is 10.1. The van der Waals surface area contributed by atoms with Gasteiger partial charge in [-0.25, -0.2) is 8.78 Å². The Kier molecular flexibility index (Phi) is 2.72. The van der Waals surface area contributed by atoms with Crippen LogP contribution in [-0.4, -0.2) is 11.8 Å². The fourth-order valence-electron chi connectivity index (χ4n) is 0.935. The van der Waals surface area contributed by atoms with E-state index in [4.69, 9.17) is 5.73 Å². The van der Waals surface area contributed by atoms with Gasteiger partial charge in [-0.2, -0.15) is 0 Å². The van der Waals surface area contributed by atoms with Crippen LogP contribution in [-0.2, 0) is 0 Å². The average Bonchev–Trinajstić information content (AvgIpc) is 2.03. The molecule has 4 heteroatoms. The molecule has 2 N–H and O–H groups in total. The first-order valence-electron chi connectivity index (χ1n) is 3.77. The van der Waals surface area contributed by atoms with E-state index in [2.05, 4.69) is 0 Å². The molecule has 1 rings (SSSR count). The van der Waals surface area contributed by atoms with Gasteiger partial charge in [-0.1, -0.05) is 0 Å². The minimum Gasteiger partial charge on any atom is -0.321 e. The maximum atomic E-state index is 12.9. The molecule has 0 heterocycles. The van der Waals surface area contributed by atoms with Gasteiger partial charge in [0.2, 0.25) is 0 Å². The predicted octanol–water partition coefficient (Wildman–Crippen LogP) is 1.49.